The molecule has 0 saturated heterocycles. The van der Waals surface area contributed by atoms with Gasteiger partial charge in [0, 0.05) is 12.0 Å². The molecule has 1 aromatic heterocycles. The molecule has 2 rings (SSSR count). The Balaban J connectivity index is 2.21. The minimum atomic E-state index is -0.899. The minimum absolute atomic E-state index is 0.0678. The first-order chi connectivity index (χ1) is 8.08. The third-order valence-electron chi connectivity index (χ3n) is 2.43. The lowest BCUT2D eigenvalue weighted by atomic mass is 10.0. The van der Waals surface area contributed by atoms with E-state index < -0.39 is 17.7 Å². The van der Waals surface area contributed by atoms with Crippen molar-refractivity contribution in [1.29, 1.82) is 0 Å². The second-order valence-corrected chi connectivity index (χ2v) is 5.89. The van der Waals surface area contributed by atoms with E-state index in [1.165, 1.54) is 29.5 Å². The summed E-state index contributed by atoms with van der Waals surface area (Å²) >= 11 is 4.69. The molecule has 0 bridgehead atoms. The first kappa shape index (κ1) is 12.7. The van der Waals surface area contributed by atoms with Crippen molar-refractivity contribution in [2.75, 3.05) is 0 Å². The number of aliphatic hydroxyl groups is 1. The van der Waals surface area contributed by atoms with Gasteiger partial charge in [0.25, 0.3) is 0 Å². The highest BCUT2D eigenvalue weighted by Gasteiger charge is 2.16. The maximum atomic E-state index is 13.4. The summed E-state index contributed by atoms with van der Waals surface area (Å²) in [5.74, 6) is -1.25. The van der Waals surface area contributed by atoms with Crippen LogP contribution in [-0.4, -0.2) is 5.11 Å². The minimum Gasteiger partial charge on any atom is -0.388 e. The number of aliphatic hydroxyl groups excluding tert-OH is 1. The van der Waals surface area contributed by atoms with Crippen molar-refractivity contribution in [1.82, 2.24) is 0 Å². The zero-order valence-corrected chi connectivity index (χ0v) is 11.1. The van der Waals surface area contributed by atoms with Crippen LogP contribution >= 0.6 is 27.3 Å². The van der Waals surface area contributed by atoms with Gasteiger partial charge in [-0.3, -0.25) is 0 Å². The van der Waals surface area contributed by atoms with Crippen LogP contribution in [0.3, 0.4) is 0 Å². The molecule has 0 aliphatic carbocycles. The first-order valence-electron chi connectivity index (χ1n) is 4.93. The fourth-order valence-electron chi connectivity index (χ4n) is 1.54. The molecular weight excluding hydrogens is 310 g/mol. The van der Waals surface area contributed by atoms with Crippen molar-refractivity contribution in [2.45, 2.75) is 12.5 Å². The van der Waals surface area contributed by atoms with Crippen LogP contribution < -0.4 is 0 Å². The van der Waals surface area contributed by atoms with Crippen LogP contribution in [0.25, 0.3) is 0 Å². The van der Waals surface area contributed by atoms with Crippen LogP contribution in [0.15, 0.2) is 33.4 Å². The van der Waals surface area contributed by atoms with Crippen molar-refractivity contribution in [3.05, 3.63) is 56.2 Å². The lowest BCUT2D eigenvalue weighted by Gasteiger charge is -2.10. The van der Waals surface area contributed by atoms with E-state index in [0.717, 1.165) is 3.79 Å². The molecule has 1 unspecified atom stereocenters. The fraction of sp³-hybridized carbons (Fsp3) is 0.167. The molecule has 17 heavy (non-hydrogen) atoms. The van der Waals surface area contributed by atoms with Crippen LogP contribution in [0.4, 0.5) is 8.78 Å². The Hall–Kier alpha value is -0.780. The summed E-state index contributed by atoms with van der Waals surface area (Å²) in [6, 6.07) is 5.43. The molecule has 5 heteroatoms. The Kier molecular flexibility index (Phi) is 3.91. The predicted octanol–water partition coefficient (Wildman–Crippen LogP) is 4.06. The summed E-state index contributed by atoms with van der Waals surface area (Å²) < 4.78 is 27.6. The molecule has 0 aliphatic rings. The number of rotatable bonds is 3. The summed E-state index contributed by atoms with van der Waals surface area (Å²) in [5, 5.41) is 11.6. The molecule has 0 saturated carbocycles. The molecule has 90 valence electrons. The van der Waals surface area contributed by atoms with E-state index in [-0.39, 0.29) is 12.0 Å². The molecule has 1 heterocycles. The second-order valence-electron chi connectivity index (χ2n) is 3.60. The summed E-state index contributed by atoms with van der Waals surface area (Å²) in [5.41, 5.74) is 0.576. The molecule has 1 nitrogen and oxygen atoms in total. The average molecular weight is 319 g/mol. The maximum absolute atomic E-state index is 13.4. The van der Waals surface area contributed by atoms with Crippen molar-refractivity contribution in [3.8, 4) is 0 Å². The highest BCUT2D eigenvalue weighted by atomic mass is 79.9. The Labute approximate surface area is 110 Å². The van der Waals surface area contributed by atoms with Gasteiger partial charge in [-0.1, -0.05) is 6.07 Å². The summed E-state index contributed by atoms with van der Waals surface area (Å²) in [6.07, 6.45) is -0.967. The van der Waals surface area contributed by atoms with Crippen LogP contribution in [0.5, 0.6) is 0 Å². The molecule has 2 aromatic rings. The Morgan fingerprint density at radius 2 is 1.94 bits per heavy atom. The van der Waals surface area contributed by atoms with Gasteiger partial charge in [0.15, 0.2) is 0 Å². The first-order valence-corrected chi connectivity index (χ1v) is 6.60. The highest BCUT2D eigenvalue weighted by molar-refractivity contribution is 9.11. The summed E-state index contributed by atoms with van der Waals surface area (Å²) in [4.78, 5) is 0. The predicted molar refractivity (Wildman–Crippen MR) is 67.0 cm³/mol. The molecule has 1 aromatic carbocycles. The van der Waals surface area contributed by atoms with Gasteiger partial charge in [0.05, 0.1) is 9.89 Å². The van der Waals surface area contributed by atoms with Crippen LogP contribution in [-0.2, 0) is 6.42 Å². The van der Waals surface area contributed by atoms with E-state index in [9.17, 15) is 13.9 Å². The Morgan fingerprint density at radius 3 is 2.47 bits per heavy atom. The van der Waals surface area contributed by atoms with Crippen molar-refractivity contribution >= 4 is 27.3 Å². The van der Waals surface area contributed by atoms with Gasteiger partial charge in [-0.2, -0.15) is 0 Å². The number of halogens is 3. The highest BCUT2D eigenvalue weighted by Crippen LogP contribution is 2.28. The zero-order valence-electron chi connectivity index (χ0n) is 8.66. The van der Waals surface area contributed by atoms with E-state index in [2.05, 4.69) is 15.9 Å². The van der Waals surface area contributed by atoms with E-state index in [1.807, 2.05) is 0 Å². The van der Waals surface area contributed by atoms with Gasteiger partial charge < -0.3 is 5.11 Å². The lowest BCUT2D eigenvalue weighted by molar-refractivity contribution is 0.176. The molecule has 0 aliphatic heterocycles. The van der Waals surface area contributed by atoms with Crippen LogP contribution in [0.2, 0.25) is 0 Å². The molecule has 1 atom stereocenters. The van der Waals surface area contributed by atoms with Gasteiger partial charge in [0.2, 0.25) is 0 Å². The zero-order chi connectivity index (χ0) is 12.4. The third kappa shape index (κ3) is 2.91. The lowest BCUT2D eigenvalue weighted by Crippen LogP contribution is -2.04. The van der Waals surface area contributed by atoms with Crippen molar-refractivity contribution in [3.63, 3.8) is 0 Å². The maximum Gasteiger partial charge on any atom is 0.129 e. The molecule has 0 fully saturated rings. The van der Waals surface area contributed by atoms with Gasteiger partial charge >= 0.3 is 0 Å². The van der Waals surface area contributed by atoms with Crippen molar-refractivity contribution < 1.29 is 13.9 Å². The van der Waals surface area contributed by atoms with E-state index in [0.29, 0.717) is 5.56 Å². The van der Waals surface area contributed by atoms with Gasteiger partial charge in [-0.25, -0.2) is 8.78 Å². The molecule has 0 spiro atoms. The fourth-order valence-corrected chi connectivity index (χ4v) is 2.76. The third-order valence-corrected chi connectivity index (χ3v) is 3.95. The van der Waals surface area contributed by atoms with Crippen molar-refractivity contribution in [2.24, 2.45) is 0 Å². The number of thiophene rings is 1. The summed E-state index contributed by atoms with van der Waals surface area (Å²) in [7, 11) is 0. The molecule has 0 amide bonds. The van der Waals surface area contributed by atoms with E-state index in [1.54, 1.807) is 11.4 Å². The largest absolute Gasteiger partial charge is 0.388 e. The van der Waals surface area contributed by atoms with Gasteiger partial charge in [0.1, 0.15) is 11.6 Å². The quantitative estimate of drug-likeness (QED) is 0.904. The smallest absolute Gasteiger partial charge is 0.129 e. The standard InChI is InChI=1S/C12H9BrF2OS/c13-12-4-7(6-17-12)11(16)5-8-9(14)2-1-3-10(8)15/h1-4,6,11,16H,5H2. The number of hydrogen-bond acceptors (Lipinski definition) is 2. The van der Waals surface area contributed by atoms with E-state index in [4.69, 9.17) is 0 Å². The summed E-state index contributed by atoms with van der Waals surface area (Å²) in [6.45, 7) is 0. The van der Waals surface area contributed by atoms with Crippen LogP contribution in [0.1, 0.15) is 17.2 Å². The molecule has 1 N–H and O–H groups in total. The molecular formula is C12H9BrF2OS. The second kappa shape index (κ2) is 5.25. The average Bonchev–Trinajstić information content (AvgIpc) is 2.70. The Bertz CT molecular complexity index is 507. The number of benzene rings is 1. The van der Waals surface area contributed by atoms with Crippen LogP contribution in [0, 0.1) is 11.6 Å². The topological polar surface area (TPSA) is 20.2 Å². The molecule has 0 radical (unpaired) electrons. The number of hydrogen-bond donors (Lipinski definition) is 1. The normalized spacial score (nSPS) is 12.7. The van der Waals surface area contributed by atoms with Gasteiger partial charge in [-0.15, -0.1) is 11.3 Å². The Morgan fingerprint density at radius 1 is 1.29 bits per heavy atom. The monoisotopic (exact) mass is 318 g/mol. The van der Waals surface area contributed by atoms with Gasteiger partial charge in [-0.05, 0) is 45.1 Å². The van der Waals surface area contributed by atoms with E-state index >= 15 is 0 Å². The SMILES string of the molecule is OC(Cc1c(F)cccc1F)c1csc(Br)c1.